The van der Waals surface area contributed by atoms with Crippen LogP contribution in [0.15, 0.2) is 24.3 Å². The molecule has 1 spiro atoms. The molecule has 30 heavy (non-hydrogen) atoms. The number of piperidine rings is 2. The number of hydrogen-bond acceptors (Lipinski definition) is 5. The topological polar surface area (TPSA) is 79.4 Å². The van der Waals surface area contributed by atoms with Gasteiger partial charge in [0.2, 0.25) is 5.91 Å². The van der Waals surface area contributed by atoms with Gasteiger partial charge in [0.25, 0.3) is 10.2 Å². The average Bonchev–Trinajstić information content (AvgIpc) is 3.41. The van der Waals surface area contributed by atoms with Gasteiger partial charge in [0, 0.05) is 51.3 Å². The summed E-state index contributed by atoms with van der Waals surface area (Å²) in [6.45, 7) is 3.32. The number of amides is 1. The molecular weight excluding hydrogens is 406 g/mol. The Morgan fingerprint density at radius 1 is 1.00 bits per heavy atom. The third kappa shape index (κ3) is 3.56. The number of fused-ring (bicyclic) bond motifs is 1. The van der Waals surface area contributed by atoms with Crippen molar-refractivity contribution in [3.8, 4) is 0 Å². The fourth-order valence-corrected chi connectivity index (χ4v) is 6.85. The van der Waals surface area contributed by atoms with Gasteiger partial charge in [-0.05, 0) is 30.9 Å². The van der Waals surface area contributed by atoms with Gasteiger partial charge in [-0.2, -0.15) is 17.0 Å². The summed E-state index contributed by atoms with van der Waals surface area (Å²) in [5.74, 6) is -0.849. The molecule has 3 fully saturated rings. The first-order valence-corrected chi connectivity index (χ1v) is 12.3. The molecule has 1 unspecified atom stereocenters. The highest BCUT2D eigenvalue weighted by Gasteiger charge is 2.45. The van der Waals surface area contributed by atoms with E-state index in [0.29, 0.717) is 58.7 Å². The number of nitrogens with zero attached hydrogens (tertiary/aromatic N) is 3. The Morgan fingerprint density at radius 2 is 1.73 bits per heavy atom. The maximum Gasteiger partial charge on any atom is 0.282 e. The fourth-order valence-electron chi connectivity index (χ4n) is 5.15. The molecule has 9 heteroatoms. The van der Waals surface area contributed by atoms with E-state index in [-0.39, 0.29) is 18.4 Å². The molecule has 164 valence electrons. The highest BCUT2D eigenvalue weighted by atomic mass is 32.2. The van der Waals surface area contributed by atoms with E-state index in [1.807, 2.05) is 23.1 Å². The number of carbonyl (C=O) groups is 1. The number of para-hydroxylation sites is 1. The fraction of sp³-hybridized carbons (Fsp3) is 0.667. The maximum atomic E-state index is 13.3. The van der Waals surface area contributed by atoms with E-state index in [2.05, 4.69) is 6.07 Å². The lowest BCUT2D eigenvalue weighted by Gasteiger charge is -2.40. The number of rotatable bonds is 3. The monoisotopic (exact) mass is 435 g/mol. The molecule has 0 N–H and O–H groups in total. The van der Waals surface area contributed by atoms with E-state index in [9.17, 15) is 13.2 Å². The van der Waals surface area contributed by atoms with Crippen molar-refractivity contribution in [2.75, 3.05) is 50.8 Å². The lowest BCUT2D eigenvalue weighted by molar-refractivity contribution is -0.179. The van der Waals surface area contributed by atoms with Crippen molar-refractivity contribution in [2.45, 2.75) is 37.9 Å². The third-order valence-corrected chi connectivity index (χ3v) is 8.84. The van der Waals surface area contributed by atoms with Crippen LogP contribution < -0.4 is 4.90 Å². The maximum absolute atomic E-state index is 13.3. The standard InChI is InChI=1S/C21H29N3O5S/c25-20(24-11-7-17-4-1-2-6-19(17)24)18-5-3-10-23(16-18)30(26,27)22-12-8-21(9-13-22)28-14-15-29-21/h1-2,4,6,18H,3,5,7-16H2. The van der Waals surface area contributed by atoms with Crippen LogP contribution in [0.1, 0.15) is 31.2 Å². The van der Waals surface area contributed by atoms with Gasteiger partial charge in [-0.25, -0.2) is 0 Å². The van der Waals surface area contributed by atoms with Gasteiger partial charge in [0.1, 0.15) is 0 Å². The second-order valence-corrected chi connectivity index (χ2v) is 10.5. The van der Waals surface area contributed by atoms with Gasteiger partial charge in [0.05, 0.1) is 19.1 Å². The molecule has 5 rings (SSSR count). The van der Waals surface area contributed by atoms with E-state index in [1.165, 1.54) is 14.2 Å². The van der Waals surface area contributed by atoms with E-state index in [1.54, 1.807) is 0 Å². The number of hydrogen-bond donors (Lipinski definition) is 0. The second-order valence-electron chi connectivity index (χ2n) is 8.58. The van der Waals surface area contributed by atoms with Gasteiger partial charge in [0.15, 0.2) is 5.79 Å². The number of carbonyl (C=O) groups excluding carboxylic acids is 1. The average molecular weight is 436 g/mol. The lowest BCUT2D eigenvalue weighted by Crippen LogP contribution is -2.54. The summed E-state index contributed by atoms with van der Waals surface area (Å²) in [6, 6.07) is 7.98. The molecule has 1 amide bonds. The SMILES string of the molecule is O=C(C1CCCN(S(=O)(=O)N2CCC3(CC2)OCCO3)C1)N1CCc2ccccc21. The van der Waals surface area contributed by atoms with Crippen molar-refractivity contribution >= 4 is 21.8 Å². The third-order valence-electron chi connectivity index (χ3n) is 6.84. The summed E-state index contributed by atoms with van der Waals surface area (Å²) in [7, 11) is -3.60. The minimum atomic E-state index is -3.60. The van der Waals surface area contributed by atoms with E-state index in [4.69, 9.17) is 9.47 Å². The molecule has 1 atom stereocenters. The molecule has 1 aromatic carbocycles. The van der Waals surface area contributed by atoms with E-state index in [0.717, 1.165) is 18.5 Å². The summed E-state index contributed by atoms with van der Waals surface area (Å²) in [6.07, 6.45) is 3.39. The van der Waals surface area contributed by atoms with Crippen molar-refractivity contribution in [3.63, 3.8) is 0 Å². The summed E-state index contributed by atoms with van der Waals surface area (Å²) in [5.41, 5.74) is 2.16. The molecule has 4 heterocycles. The van der Waals surface area contributed by atoms with Crippen LogP contribution in [-0.2, 0) is 30.9 Å². The van der Waals surface area contributed by atoms with Crippen LogP contribution in [0.4, 0.5) is 5.69 Å². The molecule has 0 bridgehead atoms. The zero-order valence-corrected chi connectivity index (χ0v) is 18.0. The Morgan fingerprint density at radius 3 is 2.50 bits per heavy atom. The number of anilines is 1. The first-order valence-electron chi connectivity index (χ1n) is 10.9. The lowest BCUT2D eigenvalue weighted by atomic mass is 9.98. The van der Waals surface area contributed by atoms with Crippen LogP contribution in [-0.4, -0.2) is 74.7 Å². The molecule has 4 aliphatic heterocycles. The quantitative estimate of drug-likeness (QED) is 0.717. The summed E-state index contributed by atoms with van der Waals surface area (Å²) >= 11 is 0. The van der Waals surface area contributed by atoms with Crippen LogP contribution in [0, 0.1) is 5.92 Å². The Balaban J connectivity index is 1.25. The van der Waals surface area contributed by atoms with Crippen LogP contribution in [0.5, 0.6) is 0 Å². The first-order chi connectivity index (χ1) is 14.5. The summed E-state index contributed by atoms with van der Waals surface area (Å²) < 4.78 is 41.0. The second kappa shape index (κ2) is 7.87. The van der Waals surface area contributed by atoms with Crippen LogP contribution in [0.3, 0.4) is 0 Å². The summed E-state index contributed by atoms with van der Waals surface area (Å²) in [5, 5.41) is 0. The van der Waals surface area contributed by atoms with Gasteiger partial charge < -0.3 is 14.4 Å². The molecule has 3 saturated heterocycles. The molecule has 0 saturated carbocycles. The molecule has 8 nitrogen and oxygen atoms in total. The van der Waals surface area contributed by atoms with Crippen molar-refractivity contribution in [1.82, 2.24) is 8.61 Å². The Kier molecular flexibility index (Phi) is 5.35. The van der Waals surface area contributed by atoms with E-state index >= 15 is 0 Å². The van der Waals surface area contributed by atoms with Crippen LogP contribution in [0.2, 0.25) is 0 Å². The van der Waals surface area contributed by atoms with Gasteiger partial charge >= 0.3 is 0 Å². The molecule has 1 aromatic rings. The number of benzene rings is 1. The number of ether oxygens (including phenoxy) is 2. The largest absolute Gasteiger partial charge is 0.347 e. The normalized spacial score (nSPS) is 27.5. The molecule has 0 radical (unpaired) electrons. The van der Waals surface area contributed by atoms with Crippen molar-refractivity contribution in [2.24, 2.45) is 5.92 Å². The minimum absolute atomic E-state index is 0.0465. The van der Waals surface area contributed by atoms with Crippen LogP contribution >= 0.6 is 0 Å². The molecular formula is C21H29N3O5S. The Hall–Kier alpha value is -1.52. The van der Waals surface area contributed by atoms with E-state index < -0.39 is 16.0 Å². The minimum Gasteiger partial charge on any atom is -0.347 e. The first kappa shape index (κ1) is 20.4. The molecule has 4 aliphatic rings. The van der Waals surface area contributed by atoms with Gasteiger partial charge in [-0.1, -0.05) is 18.2 Å². The van der Waals surface area contributed by atoms with Crippen molar-refractivity contribution in [1.29, 1.82) is 0 Å². The van der Waals surface area contributed by atoms with Gasteiger partial charge in [-0.3, -0.25) is 4.79 Å². The smallest absolute Gasteiger partial charge is 0.282 e. The predicted molar refractivity (Wildman–Crippen MR) is 111 cm³/mol. The molecule has 0 aliphatic carbocycles. The highest BCUT2D eigenvalue weighted by Crippen LogP contribution is 2.34. The van der Waals surface area contributed by atoms with Crippen molar-refractivity contribution < 1.29 is 22.7 Å². The Bertz CT molecular complexity index is 905. The van der Waals surface area contributed by atoms with Crippen molar-refractivity contribution in [3.05, 3.63) is 29.8 Å². The van der Waals surface area contributed by atoms with Crippen LogP contribution in [0.25, 0.3) is 0 Å². The molecule has 0 aromatic heterocycles. The summed E-state index contributed by atoms with van der Waals surface area (Å²) in [4.78, 5) is 15.1. The predicted octanol–water partition coefficient (Wildman–Crippen LogP) is 1.37. The zero-order valence-electron chi connectivity index (χ0n) is 17.2. The highest BCUT2D eigenvalue weighted by molar-refractivity contribution is 7.86. The van der Waals surface area contributed by atoms with Gasteiger partial charge in [-0.15, -0.1) is 0 Å². The zero-order chi connectivity index (χ0) is 20.8. The Labute approximate surface area is 177 Å².